The van der Waals surface area contributed by atoms with Crippen molar-refractivity contribution in [2.75, 3.05) is 20.1 Å². The van der Waals surface area contributed by atoms with Gasteiger partial charge in [-0.25, -0.2) is 0 Å². The summed E-state index contributed by atoms with van der Waals surface area (Å²) in [5, 5.41) is 5.73. The second-order valence-corrected chi connectivity index (χ2v) is 12.6. The molecule has 1 amide bonds. The van der Waals surface area contributed by atoms with E-state index in [0.29, 0.717) is 18.8 Å². The fourth-order valence-electron chi connectivity index (χ4n) is 5.42. The number of benzene rings is 1. The van der Waals surface area contributed by atoms with Gasteiger partial charge in [-0.15, -0.1) is 0 Å². The van der Waals surface area contributed by atoms with Gasteiger partial charge in [0.25, 0.3) is 0 Å². The van der Waals surface area contributed by atoms with E-state index >= 15 is 0 Å². The molecule has 222 valence electrons. The SMILES string of the molecule is CNCCNC(=O)CCC(=O)Oc1ccc2c(c1)CCC(C)(CCCC(C)CCCC(C)CCCC(C)C)O2. The van der Waals surface area contributed by atoms with Crippen LogP contribution in [0.3, 0.4) is 0 Å². The summed E-state index contributed by atoms with van der Waals surface area (Å²) in [6, 6.07) is 5.62. The van der Waals surface area contributed by atoms with Crippen LogP contribution in [-0.4, -0.2) is 37.6 Å². The van der Waals surface area contributed by atoms with Crippen molar-refractivity contribution in [3.63, 3.8) is 0 Å². The number of ether oxygens (including phenoxy) is 2. The van der Waals surface area contributed by atoms with Gasteiger partial charge in [0.1, 0.15) is 17.1 Å². The Kier molecular flexibility index (Phi) is 14.9. The first-order valence-corrected chi connectivity index (χ1v) is 15.5. The number of hydrogen-bond acceptors (Lipinski definition) is 5. The Balaban J connectivity index is 1.67. The van der Waals surface area contributed by atoms with Gasteiger partial charge in [-0.3, -0.25) is 9.59 Å². The summed E-state index contributed by atoms with van der Waals surface area (Å²) in [5.74, 6) is 3.33. The second-order valence-electron chi connectivity index (χ2n) is 12.6. The van der Waals surface area contributed by atoms with Crippen LogP contribution < -0.4 is 20.1 Å². The molecular weight excluding hydrogens is 488 g/mol. The van der Waals surface area contributed by atoms with Gasteiger partial charge >= 0.3 is 5.97 Å². The third kappa shape index (κ3) is 13.7. The maximum Gasteiger partial charge on any atom is 0.311 e. The standard InChI is InChI=1S/C33H56N2O4/c1-25(2)10-7-11-26(3)12-8-13-27(4)14-9-20-33(5)21-19-28-24-29(15-16-30(28)39-33)38-32(37)18-17-31(36)35-23-22-34-6/h15-16,24-27,34H,7-14,17-23H2,1-6H3,(H,35,36). The second kappa shape index (κ2) is 17.6. The van der Waals surface area contributed by atoms with Gasteiger partial charge in [0, 0.05) is 19.5 Å². The van der Waals surface area contributed by atoms with Crippen LogP contribution in [0.5, 0.6) is 11.5 Å². The van der Waals surface area contributed by atoms with Gasteiger partial charge < -0.3 is 20.1 Å². The van der Waals surface area contributed by atoms with Crippen molar-refractivity contribution in [3.8, 4) is 11.5 Å². The molecule has 0 aromatic heterocycles. The molecule has 3 atom stereocenters. The van der Waals surface area contributed by atoms with E-state index in [0.717, 1.165) is 48.3 Å². The highest BCUT2D eigenvalue weighted by atomic mass is 16.5. The molecule has 1 aromatic rings. The number of fused-ring (bicyclic) bond motifs is 1. The third-order valence-electron chi connectivity index (χ3n) is 8.07. The first-order chi connectivity index (χ1) is 18.6. The monoisotopic (exact) mass is 544 g/mol. The minimum absolute atomic E-state index is 0.0623. The van der Waals surface area contributed by atoms with Crippen LogP contribution in [0, 0.1) is 17.8 Å². The molecule has 1 aromatic carbocycles. The number of nitrogens with one attached hydrogen (secondary N) is 2. The van der Waals surface area contributed by atoms with Gasteiger partial charge in [-0.2, -0.15) is 0 Å². The van der Waals surface area contributed by atoms with Crippen molar-refractivity contribution in [1.29, 1.82) is 0 Å². The first kappa shape index (κ1) is 33.1. The molecule has 6 heteroatoms. The Labute approximate surface area is 238 Å². The normalized spacial score (nSPS) is 18.2. The highest BCUT2D eigenvalue weighted by Crippen LogP contribution is 2.38. The highest BCUT2D eigenvalue weighted by molar-refractivity contribution is 5.82. The molecule has 0 saturated carbocycles. The number of carbonyl (C=O) groups is 2. The number of likely N-dealkylation sites (N-methyl/N-ethyl adjacent to an activating group) is 1. The molecule has 0 radical (unpaired) electrons. The predicted molar refractivity (Wildman–Crippen MR) is 160 cm³/mol. The number of hydrogen-bond donors (Lipinski definition) is 2. The van der Waals surface area contributed by atoms with Gasteiger partial charge in [-0.05, 0) is 81.2 Å². The zero-order chi connectivity index (χ0) is 28.7. The van der Waals surface area contributed by atoms with Gasteiger partial charge in [0.15, 0.2) is 0 Å². The average Bonchev–Trinajstić information content (AvgIpc) is 2.87. The van der Waals surface area contributed by atoms with Crippen molar-refractivity contribution in [3.05, 3.63) is 23.8 Å². The lowest BCUT2D eigenvalue weighted by Crippen LogP contribution is -2.36. The Morgan fingerprint density at radius 2 is 1.62 bits per heavy atom. The van der Waals surface area contributed by atoms with Crippen molar-refractivity contribution >= 4 is 11.9 Å². The van der Waals surface area contributed by atoms with E-state index in [1.165, 1.54) is 51.4 Å². The van der Waals surface area contributed by atoms with Crippen molar-refractivity contribution < 1.29 is 19.1 Å². The summed E-state index contributed by atoms with van der Waals surface area (Å²) in [6.45, 7) is 12.9. The van der Waals surface area contributed by atoms with E-state index in [4.69, 9.17) is 9.47 Å². The van der Waals surface area contributed by atoms with Crippen LogP contribution in [0.1, 0.15) is 117 Å². The van der Waals surface area contributed by atoms with Crippen molar-refractivity contribution in [1.82, 2.24) is 10.6 Å². The van der Waals surface area contributed by atoms with Crippen molar-refractivity contribution in [2.45, 2.75) is 124 Å². The fraction of sp³-hybridized carbons (Fsp3) is 0.758. The molecule has 2 rings (SSSR count). The summed E-state index contributed by atoms with van der Waals surface area (Å²) in [5.41, 5.74) is 0.940. The number of aryl methyl sites for hydroxylation is 1. The Morgan fingerprint density at radius 3 is 2.28 bits per heavy atom. The molecule has 2 N–H and O–H groups in total. The summed E-state index contributed by atoms with van der Waals surface area (Å²) in [4.78, 5) is 24.0. The molecule has 0 saturated heterocycles. The maximum absolute atomic E-state index is 12.2. The zero-order valence-corrected chi connectivity index (χ0v) is 25.7. The molecular formula is C33H56N2O4. The molecule has 6 nitrogen and oxygen atoms in total. The molecule has 0 bridgehead atoms. The Bertz CT molecular complexity index is 871. The van der Waals surface area contributed by atoms with Crippen LogP contribution in [-0.2, 0) is 16.0 Å². The minimum atomic E-state index is -0.394. The van der Waals surface area contributed by atoms with Gasteiger partial charge in [0.2, 0.25) is 5.91 Å². The minimum Gasteiger partial charge on any atom is -0.487 e. The van der Waals surface area contributed by atoms with Crippen LogP contribution in [0.25, 0.3) is 0 Å². The lowest BCUT2D eigenvalue weighted by atomic mass is 9.86. The third-order valence-corrected chi connectivity index (χ3v) is 8.07. The molecule has 1 aliphatic heterocycles. The summed E-state index contributed by atoms with van der Waals surface area (Å²) < 4.78 is 11.9. The average molecular weight is 545 g/mol. The first-order valence-electron chi connectivity index (χ1n) is 15.5. The zero-order valence-electron chi connectivity index (χ0n) is 25.7. The Hall–Kier alpha value is -2.08. The van der Waals surface area contributed by atoms with Crippen LogP contribution >= 0.6 is 0 Å². The molecule has 3 unspecified atom stereocenters. The molecule has 0 spiro atoms. The largest absolute Gasteiger partial charge is 0.487 e. The quantitative estimate of drug-likeness (QED) is 0.109. The van der Waals surface area contributed by atoms with E-state index in [1.54, 1.807) is 6.07 Å². The molecule has 39 heavy (non-hydrogen) atoms. The summed E-state index contributed by atoms with van der Waals surface area (Å²) in [7, 11) is 1.83. The van der Waals surface area contributed by atoms with Crippen LogP contribution in [0.4, 0.5) is 0 Å². The number of esters is 1. The number of amides is 1. The summed E-state index contributed by atoms with van der Waals surface area (Å²) >= 11 is 0. The van der Waals surface area contributed by atoms with Crippen LogP contribution in [0.2, 0.25) is 0 Å². The molecule has 1 heterocycles. The van der Waals surface area contributed by atoms with E-state index in [-0.39, 0.29) is 24.3 Å². The molecule has 0 aliphatic carbocycles. The van der Waals surface area contributed by atoms with E-state index in [1.807, 2.05) is 19.2 Å². The van der Waals surface area contributed by atoms with E-state index in [9.17, 15) is 9.59 Å². The predicted octanol–water partition coefficient (Wildman–Crippen LogP) is 7.23. The number of rotatable bonds is 19. The summed E-state index contributed by atoms with van der Waals surface area (Å²) in [6.07, 6.45) is 13.7. The van der Waals surface area contributed by atoms with E-state index in [2.05, 4.69) is 45.3 Å². The molecule has 1 aliphatic rings. The lowest BCUT2D eigenvalue weighted by molar-refractivity contribution is -0.136. The fourth-order valence-corrected chi connectivity index (χ4v) is 5.42. The topological polar surface area (TPSA) is 76.7 Å². The van der Waals surface area contributed by atoms with Crippen LogP contribution in [0.15, 0.2) is 18.2 Å². The Morgan fingerprint density at radius 1 is 0.949 bits per heavy atom. The van der Waals surface area contributed by atoms with E-state index < -0.39 is 5.97 Å². The smallest absolute Gasteiger partial charge is 0.311 e. The number of carbonyl (C=O) groups excluding carboxylic acids is 2. The lowest BCUT2D eigenvalue weighted by Gasteiger charge is -2.36. The van der Waals surface area contributed by atoms with Crippen molar-refractivity contribution in [2.24, 2.45) is 17.8 Å². The molecule has 0 fully saturated rings. The highest BCUT2D eigenvalue weighted by Gasteiger charge is 2.31. The van der Waals surface area contributed by atoms with Gasteiger partial charge in [0.05, 0.1) is 6.42 Å². The maximum atomic E-state index is 12.2. The van der Waals surface area contributed by atoms with Gasteiger partial charge in [-0.1, -0.05) is 72.6 Å².